The molecule has 7 nitrogen and oxygen atoms in total. The number of nitrogens with one attached hydrogen (secondary N) is 1. The van der Waals surface area contributed by atoms with E-state index in [4.69, 9.17) is 14.6 Å². The Kier molecular flexibility index (Phi) is 6.06. The predicted molar refractivity (Wildman–Crippen MR) is 101 cm³/mol. The quantitative estimate of drug-likeness (QED) is 0.731. The number of nitrogens with zero attached hydrogens (tertiary/aromatic N) is 1. The van der Waals surface area contributed by atoms with Crippen LogP contribution in [0, 0.1) is 0 Å². The second kappa shape index (κ2) is 8.86. The monoisotopic (exact) mass is 368 g/mol. The Morgan fingerprint density at radius 3 is 2.78 bits per heavy atom. The van der Waals surface area contributed by atoms with Crippen LogP contribution in [0.15, 0.2) is 48.7 Å². The lowest BCUT2D eigenvalue weighted by molar-refractivity contribution is -0.116. The summed E-state index contributed by atoms with van der Waals surface area (Å²) in [5.74, 6) is 0.665. The molecule has 1 aliphatic heterocycles. The van der Waals surface area contributed by atoms with Crippen molar-refractivity contribution in [1.82, 2.24) is 4.90 Å². The van der Waals surface area contributed by atoms with Crippen molar-refractivity contribution < 1.29 is 24.2 Å². The first-order valence-corrected chi connectivity index (χ1v) is 8.52. The van der Waals surface area contributed by atoms with Gasteiger partial charge in [0.05, 0.1) is 12.2 Å². The average molecular weight is 368 g/mol. The lowest BCUT2D eigenvalue weighted by Crippen LogP contribution is -2.20. The van der Waals surface area contributed by atoms with Crippen LogP contribution in [0.4, 0.5) is 5.69 Å². The van der Waals surface area contributed by atoms with Crippen LogP contribution < -0.4 is 14.8 Å². The van der Waals surface area contributed by atoms with E-state index in [9.17, 15) is 9.59 Å². The van der Waals surface area contributed by atoms with Gasteiger partial charge in [0, 0.05) is 18.4 Å². The molecule has 0 saturated heterocycles. The third-order valence-electron chi connectivity index (χ3n) is 3.96. The van der Waals surface area contributed by atoms with Gasteiger partial charge in [0.2, 0.25) is 6.41 Å². The highest BCUT2D eigenvalue weighted by molar-refractivity contribution is 6.07. The van der Waals surface area contributed by atoms with Gasteiger partial charge in [-0.2, -0.15) is 0 Å². The lowest BCUT2D eigenvalue weighted by atomic mass is 10.1. The minimum atomic E-state index is -0.319. The molecule has 1 aliphatic rings. The van der Waals surface area contributed by atoms with E-state index in [2.05, 4.69) is 5.32 Å². The molecular formula is C20H20N2O5. The van der Waals surface area contributed by atoms with Crippen molar-refractivity contribution in [2.45, 2.75) is 0 Å². The van der Waals surface area contributed by atoms with E-state index in [1.54, 1.807) is 42.6 Å². The summed E-state index contributed by atoms with van der Waals surface area (Å²) in [6.45, 7) is 0.903. The molecule has 0 aromatic heterocycles. The molecule has 3 rings (SSSR count). The third-order valence-corrected chi connectivity index (χ3v) is 3.96. The summed E-state index contributed by atoms with van der Waals surface area (Å²) in [6.07, 6.45) is 3.87. The Bertz CT molecular complexity index is 850. The van der Waals surface area contributed by atoms with E-state index in [1.807, 2.05) is 12.1 Å². The minimum absolute atomic E-state index is 0.136. The second-order valence-electron chi connectivity index (χ2n) is 5.75. The van der Waals surface area contributed by atoms with Crippen LogP contribution in [0.25, 0.3) is 6.08 Å². The maximum atomic E-state index is 12.8. The van der Waals surface area contributed by atoms with E-state index < -0.39 is 0 Å². The number of ether oxygens (including phenoxy) is 2. The number of fused-ring (bicyclic) bond motifs is 1. The topological polar surface area (TPSA) is 88.1 Å². The summed E-state index contributed by atoms with van der Waals surface area (Å²) < 4.78 is 11.1. The molecule has 0 atom stereocenters. The Balaban J connectivity index is 1.81. The Hall–Kier alpha value is -3.32. The molecule has 0 fully saturated rings. The molecule has 0 bridgehead atoms. The first kappa shape index (κ1) is 18.5. The maximum absolute atomic E-state index is 12.8. The molecule has 7 heteroatoms. The first-order chi connectivity index (χ1) is 13.2. The van der Waals surface area contributed by atoms with Crippen LogP contribution in [0.1, 0.15) is 15.9 Å². The average Bonchev–Trinajstić information content (AvgIpc) is 2.71. The zero-order chi connectivity index (χ0) is 19.1. The number of anilines is 1. The van der Waals surface area contributed by atoms with Crippen molar-refractivity contribution in [2.75, 3.05) is 31.7 Å². The van der Waals surface area contributed by atoms with Crippen molar-refractivity contribution in [3.05, 3.63) is 59.8 Å². The molecular weight excluding hydrogens is 348 g/mol. The Morgan fingerprint density at radius 1 is 1.15 bits per heavy atom. The largest absolute Gasteiger partial charge is 0.486 e. The smallest absolute Gasteiger partial charge is 0.259 e. The number of aliphatic hydroxyl groups excluding tert-OH is 1. The number of amides is 2. The van der Waals surface area contributed by atoms with E-state index >= 15 is 0 Å². The van der Waals surface area contributed by atoms with Crippen LogP contribution in [0.3, 0.4) is 0 Å². The highest BCUT2D eigenvalue weighted by atomic mass is 16.6. The van der Waals surface area contributed by atoms with Gasteiger partial charge >= 0.3 is 0 Å². The minimum Gasteiger partial charge on any atom is -0.486 e. The van der Waals surface area contributed by atoms with Gasteiger partial charge in [0.1, 0.15) is 13.2 Å². The summed E-state index contributed by atoms with van der Waals surface area (Å²) in [6, 6.07) is 12.4. The number of carbonyl (C=O) groups excluding carboxylic acids is 2. The summed E-state index contributed by atoms with van der Waals surface area (Å²) in [5, 5.41) is 11.8. The molecule has 0 unspecified atom stereocenters. The first-order valence-electron chi connectivity index (χ1n) is 8.52. The molecule has 2 aromatic rings. The highest BCUT2D eigenvalue weighted by Gasteiger charge is 2.20. The van der Waals surface area contributed by atoms with Gasteiger partial charge < -0.3 is 24.8 Å². The molecule has 27 heavy (non-hydrogen) atoms. The fourth-order valence-corrected chi connectivity index (χ4v) is 2.65. The summed E-state index contributed by atoms with van der Waals surface area (Å²) >= 11 is 0. The van der Waals surface area contributed by atoms with Crippen molar-refractivity contribution >= 4 is 24.1 Å². The van der Waals surface area contributed by atoms with Gasteiger partial charge in [0.25, 0.3) is 5.91 Å². The highest BCUT2D eigenvalue weighted by Crippen LogP contribution is 2.34. The molecule has 0 aliphatic carbocycles. The molecule has 140 valence electrons. The second-order valence-corrected chi connectivity index (χ2v) is 5.75. The van der Waals surface area contributed by atoms with E-state index in [1.165, 1.54) is 4.90 Å². The SMILES string of the molecule is O=CN(/C=C\c1ccccc1NC(=O)c1cccc2c1OCCO2)CCO. The molecule has 0 spiro atoms. The molecule has 2 N–H and O–H groups in total. The van der Waals surface area contributed by atoms with Crippen LogP contribution in [-0.2, 0) is 4.79 Å². The number of hydrogen-bond acceptors (Lipinski definition) is 5. The maximum Gasteiger partial charge on any atom is 0.259 e. The summed E-state index contributed by atoms with van der Waals surface area (Å²) in [7, 11) is 0. The predicted octanol–water partition coefficient (Wildman–Crippen LogP) is 2.13. The number of para-hydroxylation sites is 2. The van der Waals surface area contributed by atoms with Crippen LogP contribution in [0.5, 0.6) is 11.5 Å². The van der Waals surface area contributed by atoms with Gasteiger partial charge in [-0.25, -0.2) is 0 Å². The number of rotatable bonds is 7. The van der Waals surface area contributed by atoms with Crippen LogP contribution in [0.2, 0.25) is 0 Å². The van der Waals surface area contributed by atoms with Gasteiger partial charge in [-0.05, 0) is 29.8 Å². The van der Waals surface area contributed by atoms with Crippen molar-refractivity contribution in [3.8, 4) is 11.5 Å². The number of benzene rings is 2. The molecule has 2 amide bonds. The molecule has 0 radical (unpaired) electrons. The van der Waals surface area contributed by atoms with Gasteiger partial charge in [-0.15, -0.1) is 0 Å². The Labute approximate surface area is 156 Å². The fraction of sp³-hybridized carbons (Fsp3) is 0.200. The van der Waals surface area contributed by atoms with Crippen LogP contribution >= 0.6 is 0 Å². The zero-order valence-electron chi connectivity index (χ0n) is 14.6. The third kappa shape index (κ3) is 4.45. The molecule has 0 saturated carbocycles. The number of carbonyl (C=O) groups is 2. The van der Waals surface area contributed by atoms with Crippen molar-refractivity contribution in [1.29, 1.82) is 0 Å². The van der Waals surface area contributed by atoms with E-state index in [0.29, 0.717) is 42.4 Å². The summed E-state index contributed by atoms with van der Waals surface area (Å²) in [5.41, 5.74) is 1.70. The van der Waals surface area contributed by atoms with E-state index in [-0.39, 0.29) is 19.1 Å². The van der Waals surface area contributed by atoms with Crippen molar-refractivity contribution in [3.63, 3.8) is 0 Å². The fourth-order valence-electron chi connectivity index (χ4n) is 2.65. The lowest BCUT2D eigenvalue weighted by Gasteiger charge is -2.20. The zero-order valence-corrected chi connectivity index (χ0v) is 14.6. The van der Waals surface area contributed by atoms with E-state index in [0.717, 1.165) is 5.56 Å². The Morgan fingerprint density at radius 2 is 1.96 bits per heavy atom. The summed E-state index contributed by atoms with van der Waals surface area (Å²) in [4.78, 5) is 25.0. The molecule has 1 heterocycles. The van der Waals surface area contributed by atoms with Gasteiger partial charge in [-0.1, -0.05) is 24.3 Å². The molecule has 2 aromatic carbocycles. The van der Waals surface area contributed by atoms with Crippen LogP contribution in [-0.4, -0.2) is 48.7 Å². The van der Waals surface area contributed by atoms with Gasteiger partial charge in [-0.3, -0.25) is 9.59 Å². The standard InChI is InChI=1S/C20H20N2O5/c23-11-10-22(14-24)9-8-15-4-1-2-6-17(15)21-20(25)16-5-3-7-18-19(16)27-13-12-26-18/h1-9,14,23H,10-13H2,(H,21,25)/b9-8-. The van der Waals surface area contributed by atoms with Crippen molar-refractivity contribution in [2.24, 2.45) is 0 Å². The van der Waals surface area contributed by atoms with Gasteiger partial charge in [0.15, 0.2) is 11.5 Å². The normalized spacial score (nSPS) is 12.6. The number of hydrogen-bond donors (Lipinski definition) is 2. The number of aliphatic hydroxyl groups is 1.